The Morgan fingerprint density at radius 2 is 1.96 bits per heavy atom. The summed E-state index contributed by atoms with van der Waals surface area (Å²) in [7, 11) is 0. The second-order valence-corrected chi connectivity index (χ2v) is 7.56. The molecule has 1 unspecified atom stereocenters. The Hall–Kier alpha value is -2.29. The van der Waals surface area contributed by atoms with Gasteiger partial charge in [-0.1, -0.05) is 29.3 Å². The lowest BCUT2D eigenvalue weighted by atomic mass is 10.1. The van der Waals surface area contributed by atoms with Crippen molar-refractivity contribution < 1.29 is 14.5 Å². The molecular weight excluding hydrogens is 425 g/mol. The summed E-state index contributed by atoms with van der Waals surface area (Å²) in [5.41, 5.74) is 0.169. The fraction of sp³-hybridized carbons (Fsp3) is 0.222. The van der Waals surface area contributed by atoms with Crippen molar-refractivity contribution in [2.75, 3.05) is 17.3 Å². The van der Waals surface area contributed by atoms with Crippen LogP contribution in [0, 0.1) is 10.1 Å². The van der Waals surface area contributed by atoms with E-state index in [-0.39, 0.29) is 16.3 Å². The molecule has 0 radical (unpaired) electrons. The Labute approximate surface area is 175 Å². The van der Waals surface area contributed by atoms with E-state index in [2.05, 4.69) is 10.6 Å². The molecule has 2 aromatic rings. The van der Waals surface area contributed by atoms with Crippen molar-refractivity contribution in [3.8, 4) is 0 Å². The number of nitro benzene ring substituents is 1. The third-order valence-corrected chi connectivity index (χ3v) is 4.93. The first-order valence-corrected chi connectivity index (χ1v) is 10.3. The number of nitro groups is 1. The van der Waals surface area contributed by atoms with Crippen molar-refractivity contribution in [3.63, 3.8) is 0 Å². The van der Waals surface area contributed by atoms with E-state index in [0.717, 1.165) is 6.07 Å². The first kappa shape index (κ1) is 22.0. The van der Waals surface area contributed by atoms with Crippen molar-refractivity contribution in [2.45, 2.75) is 12.5 Å². The number of nitrogens with one attached hydrogen (secondary N) is 2. The normalized spacial score (nSPS) is 11.5. The predicted octanol–water partition coefficient (Wildman–Crippen LogP) is 4.39. The second kappa shape index (κ2) is 10.3. The molecule has 0 spiro atoms. The number of benzene rings is 2. The van der Waals surface area contributed by atoms with Gasteiger partial charge < -0.3 is 10.6 Å². The highest BCUT2D eigenvalue weighted by molar-refractivity contribution is 7.98. The van der Waals surface area contributed by atoms with E-state index in [1.807, 2.05) is 6.26 Å². The number of rotatable bonds is 8. The van der Waals surface area contributed by atoms with Crippen LogP contribution >= 0.6 is 35.0 Å². The second-order valence-electron chi connectivity index (χ2n) is 5.73. The maximum Gasteiger partial charge on any atom is 0.288 e. The molecule has 0 aliphatic carbocycles. The molecule has 1 atom stereocenters. The molecule has 28 heavy (non-hydrogen) atoms. The average molecular weight is 442 g/mol. The van der Waals surface area contributed by atoms with Gasteiger partial charge >= 0.3 is 0 Å². The number of nitrogens with zero attached hydrogens (tertiary/aromatic N) is 1. The summed E-state index contributed by atoms with van der Waals surface area (Å²) in [6, 6.07) is 9.54. The molecule has 2 amide bonds. The van der Waals surface area contributed by atoms with Crippen LogP contribution in [0.15, 0.2) is 42.5 Å². The van der Waals surface area contributed by atoms with Crippen molar-refractivity contribution in [1.29, 1.82) is 0 Å². The van der Waals surface area contributed by atoms with Crippen LogP contribution in [-0.2, 0) is 4.79 Å². The summed E-state index contributed by atoms with van der Waals surface area (Å²) < 4.78 is 0. The molecule has 0 saturated carbocycles. The zero-order chi connectivity index (χ0) is 20.7. The minimum absolute atomic E-state index is 0.0424. The van der Waals surface area contributed by atoms with Gasteiger partial charge in [0.15, 0.2) is 0 Å². The maximum absolute atomic E-state index is 12.6. The number of carbonyl (C=O) groups excluding carboxylic acids is 2. The van der Waals surface area contributed by atoms with Crippen LogP contribution in [0.4, 0.5) is 11.4 Å². The summed E-state index contributed by atoms with van der Waals surface area (Å²) in [5, 5.41) is 16.7. The molecule has 2 aromatic carbocycles. The lowest BCUT2D eigenvalue weighted by molar-refractivity contribution is -0.384. The largest absolute Gasteiger partial charge is 0.340 e. The first-order chi connectivity index (χ1) is 13.3. The Kier molecular flexibility index (Phi) is 8.10. The highest BCUT2D eigenvalue weighted by atomic mass is 35.5. The lowest BCUT2D eigenvalue weighted by Gasteiger charge is -2.18. The predicted molar refractivity (Wildman–Crippen MR) is 112 cm³/mol. The number of hydrogen-bond acceptors (Lipinski definition) is 5. The summed E-state index contributed by atoms with van der Waals surface area (Å²) in [4.78, 5) is 35.5. The maximum atomic E-state index is 12.6. The summed E-state index contributed by atoms with van der Waals surface area (Å²) >= 11 is 13.2. The number of anilines is 1. The zero-order valence-corrected chi connectivity index (χ0v) is 17.1. The van der Waals surface area contributed by atoms with Crippen LogP contribution in [0.25, 0.3) is 0 Å². The highest BCUT2D eigenvalue weighted by Crippen LogP contribution is 2.25. The van der Waals surface area contributed by atoms with Crippen LogP contribution in [0.1, 0.15) is 16.8 Å². The smallest absolute Gasteiger partial charge is 0.288 e. The van der Waals surface area contributed by atoms with Gasteiger partial charge in [-0.05, 0) is 48.8 Å². The van der Waals surface area contributed by atoms with Crippen LogP contribution in [-0.4, -0.2) is 34.8 Å². The molecule has 2 rings (SSSR count). The van der Waals surface area contributed by atoms with Crippen LogP contribution < -0.4 is 10.6 Å². The number of hydrogen-bond donors (Lipinski definition) is 2. The average Bonchev–Trinajstić information content (AvgIpc) is 2.65. The Morgan fingerprint density at radius 1 is 1.21 bits per heavy atom. The van der Waals surface area contributed by atoms with Crippen molar-refractivity contribution in [2.24, 2.45) is 0 Å². The Morgan fingerprint density at radius 3 is 2.61 bits per heavy atom. The van der Waals surface area contributed by atoms with E-state index in [9.17, 15) is 19.7 Å². The highest BCUT2D eigenvalue weighted by Gasteiger charge is 2.23. The molecule has 7 nitrogen and oxygen atoms in total. The molecular formula is C18H17Cl2N3O4S. The molecule has 0 fully saturated rings. The monoisotopic (exact) mass is 441 g/mol. The number of thioether (sulfide) groups is 1. The molecule has 0 heterocycles. The van der Waals surface area contributed by atoms with Gasteiger partial charge in [0.05, 0.1) is 4.92 Å². The quantitative estimate of drug-likeness (QED) is 0.467. The summed E-state index contributed by atoms with van der Waals surface area (Å²) in [5.74, 6) is -0.380. The van der Waals surface area contributed by atoms with E-state index in [4.69, 9.17) is 23.2 Å². The zero-order valence-electron chi connectivity index (χ0n) is 14.8. The summed E-state index contributed by atoms with van der Waals surface area (Å²) in [6.45, 7) is 0. The topological polar surface area (TPSA) is 101 Å². The molecule has 0 bridgehead atoms. The van der Waals surface area contributed by atoms with Gasteiger partial charge in [0.2, 0.25) is 5.91 Å². The Balaban J connectivity index is 2.16. The van der Waals surface area contributed by atoms with Gasteiger partial charge in [-0.3, -0.25) is 19.7 Å². The molecule has 0 aliphatic rings. The third kappa shape index (κ3) is 6.12. The molecule has 0 aromatic heterocycles. The van der Waals surface area contributed by atoms with E-state index in [0.29, 0.717) is 22.9 Å². The minimum atomic E-state index is -0.825. The van der Waals surface area contributed by atoms with Crippen molar-refractivity contribution in [3.05, 3.63) is 68.2 Å². The van der Waals surface area contributed by atoms with Crippen molar-refractivity contribution in [1.82, 2.24) is 5.32 Å². The molecule has 0 saturated heterocycles. The van der Waals surface area contributed by atoms with Crippen LogP contribution in [0.3, 0.4) is 0 Å². The Bertz CT molecular complexity index is 895. The van der Waals surface area contributed by atoms with E-state index < -0.39 is 22.8 Å². The van der Waals surface area contributed by atoms with Crippen molar-refractivity contribution >= 4 is 58.2 Å². The van der Waals surface area contributed by atoms with E-state index in [1.54, 1.807) is 24.3 Å². The lowest BCUT2D eigenvalue weighted by Crippen LogP contribution is -2.44. The number of halogens is 2. The summed E-state index contributed by atoms with van der Waals surface area (Å²) in [6.07, 6.45) is 2.27. The van der Waals surface area contributed by atoms with Gasteiger partial charge in [-0.2, -0.15) is 11.8 Å². The van der Waals surface area contributed by atoms with Gasteiger partial charge in [-0.15, -0.1) is 0 Å². The van der Waals surface area contributed by atoms with E-state index >= 15 is 0 Å². The fourth-order valence-electron chi connectivity index (χ4n) is 2.34. The molecule has 148 valence electrons. The first-order valence-electron chi connectivity index (χ1n) is 8.12. The number of amides is 2. The molecule has 10 heteroatoms. The van der Waals surface area contributed by atoms with Gasteiger partial charge in [0.25, 0.3) is 11.6 Å². The van der Waals surface area contributed by atoms with Gasteiger partial charge in [0, 0.05) is 22.3 Å². The third-order valence-electron chi connectivity index (χ3n) is 3.73. The minimum Gasteiger partial charge on any atom is -0.340 e. The van der Waals surface area contributed by atoms with Crippen LogP contribution in [0.2, 0.25) is 10.0 Å². The molecule has 2 N–H and O–H groups in total. The SMILES string of the molecule is CSCCC(NC(=O)c1ccc(Cl)c([N+](=O)[O-])c1)C(=O)Nc1cccc(Cl)c1. The number of carbonyl (C=O) groups is 2. The van der Waals surface area contributed by atoms with Crippen LogP contribution in [0.5, 0.6) is 0 Å². The van der Waals surface area contributed by atoms with E-state index in [1.165, 1.54) is 23.9 Å². The van der Waals surface area contributed by atoms with Gasteiger partial charge in [0.1, 0.15) is 11.1 Å². The van der Waals surface area contributed by atoms with Gasteiger partial charge in [-0.25, -0.2) is 0 Å². The fourth-order valence-corrected chi connectivity index (χ4v) is 3.18. The standard InChI is InChI=1S/C18H17Cl2N3O4S/c1-28-8-7-15(18(25)21-13-4-2-3-12(19)10-13)22-17(24)11-5-6-14(20)16(9-11)23(26)27/h2-6,9-10,15H,7-8H2,1H3,(H,21,25)(H,22,24). The molecule has 0 aliphatic heterocycles.